The highest BCUT2D eigenvalue weighted by Gasteiger charge is 2.49. The molecule has 0 saturated heterocycles. The van der Waals surface area contributed by atoms with E-state index in [1.54, 1.807) is 14.2 Å². The summed E-state index contributed by atoms with van der Waals surface area (Å²) in [6, 6.07) is 4.05. The van der Waals surface area contributed by atoms with Gasteiger partial charge in [-0.25, -0.2) is 0 Å². The fraction of sp³-hybridized carbons (Fsp3) is 0.562. The Labute approximate surface area is 227 Å². The van der Waals surface area contributed by atoms with Crippen molar-refractivity contribution in [2.24, 2.45) is 10.8 Å². The van der Waals surface area contributed by atoms with Crippen molar-refractivity contribution in [3.8, 4) is 11.5 Å². The Morgan fingerprint density at radius 2 is 1.55 bits per heavy atom. The fourth-order valence-electron chi connectivity index (χ4n) is 6.49. The molecule has 0 radical (unpaired) electrons. The lowest BCUT2D eigenvalue weighted by Crippen LogP contribution is -2.45. The molecule has 0 atom stereocenters. The third kappa shape index (κ3) is 5.20. The second-order valence-electron chi connectivity index (χ2n) is 12.3. The Balaban J connectivity index is 2.03. The molecule has 6 heteroatoms. The number of hydrogen-bond donors (Lipinski definition) is 0. The molecule has 0 N–H and O–H groups in total. The normalized spacial score (nSPS) is 20.9. The molecule has 0 unspecified atom stereocenters. The van der Waals surface area contributed by atoms with Crippen molar-refractivity contribution in [2.75, 3.05) is 34.0 Å². The molecule has 1 aliphatic heterocycles. The van der Waals surface area contributed by atoms with Crippen LogP contribution in [0, 0.1) is 10.8 Å². The van der Waals surface area contributed by atoms with Crippen molar-refractivity contribution in [2.45, 2.75) is 72.6 Å². The summed E-state index contributed by atoms with van der Waals surface area (Å²) in [5.74, 6) is 1.10. The monoisotopic (exact) mass is 521 g/mol. The van der Waals surface area contributed by atoms with Gasteiger partial charge in [0.25, 0.3) is 0 Å². The van der Waals surface area contributed by atoms with Crippen molar-refractivity contribution >= 4 is 11.6 Å². The molecular formula is C32H43NO5. The minimum Gasteiger partial charge on any atom is -0.493 e. The molecule has 6 nitrogen and oxygen atoms in total. The topological polar surface area (TPSA) is 65.1 Å². The van der Waals surface area contributed by atoms with Crippen LogP contribution in [0.1, 0.15) is 77.3 Å². The van der Waals surface area contributed by atoms with Gasteiger partial charge in [-0.3, -0.25) is 9.59 Å². The standard InChI is InChI=1S/C32H43NO5/c1-9-11-20-14-21(15-26(38-10-2)30(20)37-8)27-28-22(16-31(3,4)18-24(28)34)33(12-13-36-7)23-17-32(5,6)19-25(35)29(23)27/h9,14-15,27H,1,10-13,16-19H2,2-8H3. The first-order valence-corrected chi connectivity index (χ1v) is 13.7. The van der Waals surface area contributed by atoms with Crippen LogP contribution in [0.4, 0.5) is 0 Å². The van der Waals surface area contributed by atoms with Crippen LogP contribution in [-0.2, 0) is 20.7 Å². The number of hydrogen-bond acceptors (Lipinski definition) is 6. The summed E-state index contributed by atoms with van der Waals surface area (Å²) in [7, 11) is 3.33. The molecule has 0 saturated carbocycles. The number of benzene rings is 1. The van der Waals surface area contributed by atoms with Crippen LogP contribution in [0.25, 0.3) is 0 Å². The molecule has 206 valence electrons. The van der Waals surface area contributed by atoms with E-state index >= 15 is 0 Å². The van der Waals surface area contributed by atoms with E-state index in [4.69, 9.17) is 14.2 Å². The first-order chi connectivity index (χ1) is 18.0. The highest BCUT2D eigenvalue weighted by Crippen LogP contribution is 2.55. The van der Waals surface area contributed by atoms with Gasteiger partial charge in [0, 0.05) is 60.5 Å². The SMILES string of the molecule is C=CCc1cc(C2C3=C(CC(C)(C)CC3=O)N(CCOC)C3=C2C(=O)CC(C)(C)C3)cc(OCC)c1OC. The molecule has 1 aromatic rings. The van der Waals surface area contributed by atoms with Crippen molar-refractivity contribution < 1.29 is 23.8 Å². The third-order valence-electron chi connectivity index (χ3n) is 7.90. The van der Waals surface area contributed by atoms with Gasteiger partial charge in [0.1, 0.15) is 0 Å². The smallest absolute Gasteiger partial charge is 0.164 e. The Hall–Kier alpha value is -2.86. The van der Waals surface area contributed by atoms with E-state index in [2.05, 4.69) is 45.2 Å². The molecule has 3 aliphatic rings. The first kappa shape index (κ1) is 28.2. The van der Waals surface area contributed by atoms with Crippen molar-refractivity contribution in [3.63, 3.8) is 0 Å². The van der Waals surface area contributed by atoms with E-state index in [-0.39, 0.29) is 22.4 Å². The number of carbonyl (C=O) groups is 2. The maximum atomic E-state index is 14.0. The number of Topliss-reactive ketones (excluding diaryl/α,β-unsaturated/α-hetero) is 2. The van der Waals surface area contributed by atoms with Crippen LogP contribution >= 0.6 is 0 Å². The molecule has 0 amide bonds. The van der Waals surface area contributed by atoms with E-state index in [0.717, 1.165) is 46.5 Å². The Morgan fingerprint density at radius 3 is 2.03 bits per heavy atom. The summed E-state index contributed by atoms with van der Waals surface area (Å²) in [4.78, 5) is 30.2. The highest BCUT2D eigenvalue weighted by atomic mass is 16.5. The lowest BCUT2D eigenvalue weighted by Gasteiger charge is -2.49. The number of nitrogens with zero attached hydrogens (tertiary/aromatic N) is 1. The van der Waals surface area contributed by atoms with Gasteiger partial charge in [-0.05, 0) is 48.6 Å². The highest BCUT2D eigenvalue weighted by molar-refractivity contribution is 6.06. The largest absolute Gasteiger partial charge is 0.493 e. The van der Waals surface area contributed by atoms with Crippen LogP contribution in [0.5, 0.6) is 11.5 Å². The van der Waals surface area contributed by atoms with Crippen LogP contribution < -0.4 is 9.47 Å². The molecule has 0 bridgehead atoms. The van der Waals surface area contributed by atoms with E-state index < -0.39 is 5.92 Å². The summed E-state index contributed by atoms with van der Waals surface area (Å²) in [5.41, 5.74) is 5.09. The minimum atomic E-state index is -0.431. The van der Waals surface area contributed by atoms with Crippen LogP contribution in [-0.4, -0.2) is 50.4 Å². The Bertz CT molecular complexity index is 1150. The minimum absolute atomic E-state index is 0.117. The van der Waals surface area contributed by atoms with Crippen molar-refractivity contribution in [1.82, 2.24) is 4.90 Å². The predicted molar refractivity (Wildman–Crippen MR) is 149 cm³/mol. The van der Waals surface area contributed by atoms with Crippen LogP contribution in [0.2, 0.25) is 0 Å². The third-order valence-corrected chi connectivity index (χ3v) is 7.90. The summed E-state index contributed by atoms with van der Waals surface area (Å²) < 4.78 is 17.3. The number of rotatable bonds is 9. The molecule has 4 rings (SSSR count). The fourth-order valence-corrected chi connectivity index (χ4v) is 6.49. The Morgan fingerprint density at radius 1 is 0.974 bits per heavy atom. The van der Waals surface area contributed by atoms with Gasteiger partial charge in [-0.1, -0.05) is 39.8 Å². The zero-order valence-electron chi connectivity index (χ0n) is 24.2. The zero-order chi connectivity index (χ0) is 27.8. The first-order valence-electron chi connectivity index (χ1n) is 13.7. The van der Waals surface area contributed by atoms with Gasteiger partial charge in [0.05, 0.1) is 20.3 Å². The molecular weight excluding hydrogens is 478 g/mol. The van der Waals surface area contributed by atoms with Gasteiger partial charge in [0.15, 0.2) is 23.1 Å². The van der Waals surface area contributed by atoms with Gasteiger partial charge >= 0.3 is 0 Å². The molecule has 38 heavy (non-hydrogen) atoms. The zero-order valence-corrected chi connectivity index (χ0v) is 24.2. The van der Waals surface area contributed by atoms with Crippen molar-refractivity contribution in [1.29, 1.82) is 0 Å². The van der Waals surface area contributed by atoms with Crippen LogP contribution in [0.15, 0.2) is 47.3 Å². The summed E-state index contributed by atoms with van der Waals surface area (Å²) in [6.07, 6.45) is 4.88. The molecule has 0 fully saturated rings. The molecule has 0 spiro atoms. The second kappa shape index (κ2) is 10.7. The van der Waals surface area contributed by atoms with E-state index in [0.29, 0.717) is 50.5 Å². The van der Waals surface area contributed by atoms with Crippen LogP contribution in [0.3, 0.4) is 0 Å². The number of carbonyl (C=O) groups excluding carboxylic acids is 2. The van der Waals surface area contributed by atoms with E-state index in [1.807, 2.05) is 19.1 Å². The van der Waals surface area contributed by atoms with E-state index in [9.17, 15) is 9.59 Å². The summed E-state index contributed by atoms with van der Waals surface area (Å²) >= 11 is 0. The number of methoxy groups -OCH3 is 2. The number of ether oxygens (including phenoxy) is 3. The van der Waals surface area contributed by atoms with Crippen molar-refractivity contribution in [3.05, 3.63) is 58.5 Å². The quantitative estimate of drug-likeness (QED) is 0.363. The number of allylic oxidation sites excluding steroid dienone is 5. The summed E-state index contributed by atoms with van der Waals surface area (Å²) in [5, 5.41) is 0. The average Bonchev–Trinajstić information content (AvgIpc) is 2.81. The van der Waals surface area contributed by atoms with E-state index in [1.165, 1.54) is 0 Å². The van der Waals surface area contributed by atoms with Gasteiger partial charge in [0.2, 0.25) is 0 Å². The maximum absolute atomic E-state index is 14.0. The summed E-state index contributed by atoms with van der Waals surface area (Å²) in [6.45, 7) is 16.1. The Kier molecular flexibility index (Phi) is 7.94. The van der Waals surface area contributed by atoms with Gasteiger partial charge < -0.3 is 19.1 Å². The molecule has 1 heterocycles. The predicted octanol–water partition coefficient (Wildman–Crippen LogP) is 6.15. The molecule has 0 aromatic heterocycles. The second-order valence-corrected chi connectivity index (χ2v) is 12.3. The molecule has 1 aromatic carbocycles. The van der Waals surface area contributed by atoms with Gasteiger partial charge in [-0.15, -0.1) is 6.58 Å². The average molecular weight is 522 g/mol. The lowest BCUT2D eigenvalue weighted by atomic mass is 9.63. The lowest BCUT2D eigenvalue weighted by molar-refractivity contribution is -0.119. The number of ketones is 2. The maximum Gasteiger partial charge on any atom is 0.164 e. The molecule has 2 aliphatic carbocycles. The van der Waals surface area contributed by atoms with Gasteiger partial charge in [-0.2, -0.15) is 0 Å².